The molecule has 0 radical (unpaired) electrons. The first-order valence-electron chi connectivity index (χ1n) is 6.82. The van der Waals surface area contributed by atoms with E-state index < -0.39 is 5.82 Å². The molecule has 0 atom stereocenters. The van der Waals surface area contributed by atoms with Gasteiger partial charge in [0.2, 0.25) is 0 Å². The van der Waals surface area contributed by atoms with Crippen molar-refractivity contribution >= 4 is 11.5 Å². The molecule has 4 N–H and O–H groups in total. The van der Waals surface area contributed by atoms with Gasteiger partial charge in [-0.05, 0) is 31.0 Å². The molecule has 0 unspecified atom stereocenters. The number of aliphatic hydroxyl groups excluding tert-OH is 1. The zero-order chi connectivity index (χ0) is 14.5. The molecule has 6 heteroatoms. The molecule has 1 aromatic carbocycles. The number of hydrogen-bond donors (Lipinski definition) is 3. The molecule has 20 heavy (non-hydrogen) atoms. The maximum Gasteiger partial charge on any atom is 0.170 e. The van der Waals surface area contributed by atoms with Gasteiger partial charge in [0.15, 0.2) is 5.84 Å². The summed E-state index contributed by atoms with van der Waals surface area (Å²) in [5, 5.41) is 20.7. The zero-order valence-corrected chi connectivity index (χ0v) is 11.3. The molecule has 0 aliphatic heterocycles. The lowest BCUT2D eigenvalue weighted by molar-refractivity contribution is 0.296. The van der Waals surface area contributed by atoms with Crippen LogP contribution in [-0.4, -0.2) is 35.3 Å². The van der Waals surface area contributed by atoms with E-state index in [0.29, 0.717) is 17.8 Å². The molecule has 0 saturated heterocycles. The standard InChI is InChI=1S/C14H20FN3O2/c15-12-9-10(14(16)17-20)5-6-13(12)18(7-8-19)11-3-1-2-4-11/h5-6,9,11,19-20H,1-4,7-8H2,(H2,16,17). The van der Waals surface area contributed by atoms with E-state index in [1.54, 1.807) is 12.1 Å². The number of benzene rings is 1. The smallest absolute Gasteiger partial charge is 0.170 e. The van der Waals surface area contributed by atoms with Gasteiger partial charge in [-0.3, -0.25) is 0 Å². The molecule has 1 aliphatic carbocycles. The minimum atomic E-state index is -0.422. The molecule has 0 aromatic heterocycles. The van der Waals surface area contributed by atoms with Crippen molar-refractivity contribution < 1.29 is 14.7 Å². The lowest BCUT2D eigenvalue weighted by Crippen LogP contribution is -2.36. The molecule has 0 amide bonds. The number of anilines is 1. The van der Waals surface area contributed by atoms with Gasteiger partial charge in [0.25, 0.3) is 0 Å². The second-order valence-electron chi connectivity index (χ2n) is 5.01. The number of nitrogens with two attached hydrogens (primary N) is 1. The van der Waals surface area contributed by atoms with Gasteiger partial charge in [-0.15, -0.1) is 0 Å². The Kier molecular flexibility index (Phi) is 4.79. The quantitative estimate of drug-likeness (QED) is 0.332. The van der Waals surface area contributed by atoms with Crippen molar-refractivity contribution in [2.75, 3.05) is 18.1 Å². The van der Waals surface area contributed by atoms with Crippen LogP contribution in [0.4, 0.5) is 10.1 Å². The van der Waals surface area contributed by atoms with Crippen LogP contribution in [0.2, 0.25) is 0 Å². The van der Waals surface area contributed by atoms with Crippen LogP contribution in [-0.2, 0) is 0 Å². The molecule has 0 spiro atoms. The lowest BCUT2D eigenvalue weighted by Gasteiger charge is -2.31. The summed E-state index contributed by atoms with van der Waals surface area (Å²) in [6.07, 6.45) is 4.30. The van der Waals surface area contributed by atoms with Crippen LogP contribution < -0.4 is 10.6 Å². The van der Waals surface area contributed by atoms with Crippen molar-refractivity contribution in [1.29, 1.82) is 0 Å². The van der Waals surface area contributed by atoms with Gasteiger partial charge in [-0.1, -0.05) is 18.0 Å². The second kappa shape index (κ2) is 6.56. The van der Waals surface area contributed by atoms with Gasteiger partial charge in [-0.2, -0.15) is 0 Å². The van der Waals surface area contributed by atoms with Crippen molar-refractivity contribution in [3.05, 3.63) is 29.6 Å². The van der Waals surface area contributed by atoms with Crippen molar-refractivity contribution in [3.63, 3.8) is 0 Å². The van der Waals surface area contributed by atoms with E-state index in [1.165, 1.54) is 6.07 Å². The van der Waals surface area contributed by atoms with E-state index in [4.69, 9.17) is 10.9 Å². The number of nitrogens with zero attached hydrogens (tertiary/aromatic N) is 2. The average Bonchev–Trinajstić information content (AvgIpc) is 2.98. The zero-order valence-electron chi connectivity index (χ0n) is 11.3. The summed E-state index contributed by atoms with van der Waals surface area (Å²) in [7, 11) is 0. The molecular weight excluding hydrogens is 261 g/mol. The number of halogens is 1. The van der Waals surface area contributed by atoms with Crippen LogP contribution in [0.3, 0.4) is 0 Å². The summed E-state index contributed by atoms with van der Waals surface area (Å²) < 4.78 is 14.3. The fourth-order valence-electron chi connectivity index (χ4n) is 2.78. The fourth-order valence-corrected chi connectivity index (χ4v) is 2.78. The van der Waals surface area contributed by atoms with Gasteiger partial charge in [0, 0.05) is 18.2 Å². The SMILES string of the molecule is NC(=NO)c1ccc(N(CCO)C2CCCC2)c(F)c1. The number of rotatable bonds is 5. The van der Waals surface area contributed by atoms with Gasteiger partial charge in [0.05, 0.1) is 12.3 Å². The van der Waals surface area contributed by atoms with Crippen LogP contribution in [0.25, 0.3) is 0 Å². The minimum absolute atomic E-state index is 0.0159. The van der Waals surface area contributed by atoms with Crippen LogP contribution in [0, 0.1) is 5.82 Å². The summed E-state index contributed by atoms with van der Waals surface area (Å²) >= 11 is 0. The second-order valence-corrected chi connectivity index (χ2v) is 5.01. The van der Waals surface area contributed by atoms with Crippen LogP contribution in [0.1, 0.15) is 31.2 Å². The van der Waals surface area contributed by atoms with E-state index >= 15 is 0 Å². The molecule has 1 saturated carbocycles. The van der Waals surface area contributed by atoms with E-state index in [-0.39, 0.29) is 18.5 Å². The maximum atomic E-state index is 14.3. The highest BCUT2D eigenvalue weighted by Gasteiger charge is 2.24. The Morgan fingerprint density at radius 3 is 2.65 bits per heavy atom. The van der Waals surface area contributed by atoms with E-state index in [1.807, 2.05) is 4.90 Å². The fraction of sp³-hybridized carbons (Fsp3) is 0.500. The molecule has 2 rings (SSSR count). The Morgan fingerprint density at radius 2 is 2.10 bits per heavy atom. The predicted molar refractivity (Wildman–Crippen MR) is 75.6 cm³/mol. The molecule has 1 fully saturated rings. The largest absolute Gasteiger partial charge is 0.409 e. The molecule has 1 aromatic rings. The Balaban J connectivity index is 2.28. The van der Waals surface area contributed by atoms with Crippen molar-refractivity contribution in [2.45, 2.75) is 31.7 Å². The van der Waals surface area contributed by atoms with Crippen molar-refractivity contribution in [1.82, 2.24) is 0 Å². The third-order valence-corrected chi connectivity index (χ3v) is 3.77. The summed E-state index contributed by atoms with van der Waals surface area (Å²) in [4.78, 5) is 1.92. The van der Waals surface area contributed by atoms with Gasteiger partial charge in [-0.25, -0.2) is 4.39 Å². The highest BCUT2D eigenvalue weighted by Crippen LogP contribution is 2.30. The first-order chi connectivity index (χ1) is 9.67. The monoisotopic (exact) mass is 281 g/mol. The van der Waals surface area contributed by atoms with Gasteiger partial charge >= 0.3 is 0 Å². The van der Waals surface area contributed by atoms with E-state index in [0.717, 1.165) is 25.7 Å². The topological polar surface area (TPSA) is 82.1 Å². The number of aliphatic hydroxyl groups is 1. The Bertz CT molecular complexity index is 487. The predicted octanol–water partition coefficient (Wildman–Crippen LogP) is 1.66. The van der Waals surface area contributed by atoms with Crippen LogP contribution in [0.5, 0.6) is 0 Å². The number of oxime groups is 1. The van der Waals surface area contributed by atoms with Gasteiger partial charge < -0.3 is 20.9 Å². The maximum absolute atomic E-state index is 14.3. The third kappa shape index (κ3) is 3.01. The Morgan fingerprint density at radius 1 is 1.40 bits per heavy atom. The summed E-state index contributed by atoms with van der Waals surface area (Å²) in [5.41, 5.74) is 6.25. The Hall–Kier alpha value is -1.82. The molecule has 110 valence electrons. The first-order valence-corrected chi connectivity index (χ1v) is 6.82. The number of hydrogen-bond acceptors (Lipinski definition) is 4. The molecule has 0 bridgehead atoms. The highest BCUT2D eigenvalue weighted by molar-refractivity contribution is 5.97. The third-order valence-electron chi connectivity index (χ3n) is 3.77. The molecule has 5 nitrogen and oxygen atoms in total. The molecule has 1 aliphatic rings. The number of amidine groups is 1. The van der Waals surface area contributed by atoms with Crippen LogP contribution >= 0.6 is 0 Å². The highest BCUT2D eigenvalue weighted by atomic mass is 19.1. The van der Waals surface area contributed by atoms with Crippen LogP contribution in [0.15, 0.2) is 23.4 Å². The van der Waals surface area contributed by atoms with E-state index in [9.17, 15) is 9.50 Å². The van der Waals surface area contributed by atoms with E-state index in [2.05, 4.69) is 5.16 Å². The first kappa shape index (κ1) is 14.6. The van der Waals surface area contributed by atoms with Crippen molar-refractivity contribution in [3.8, 4) is 0 Å². The summed E-state index contributed by atoms with van der Waals surface area (Å²) in [5.74, 6) is -0.542. The normalized spacial score (nSPS) is 16.6. The van der Waals surface area contributed by atoms with Gasteiger partial charge in [0.1, 0.15) is 5.82 Å². The molecule has 0 heterocycles. The molecular formula is C14H20FN3O2. The average molecular weight is 281 g/mol. The summed E-state index contributed by atoms with van der Waals surface area (Å²) in [6, 6.07) is 4.76. The summed E-state index contributed by atoms with van der Waals surface area (Å²) in [6.45, 7) is 0.391. The Labute approximate surface area is 117 Å². The van der Waals surface area contributed by atoms with Crippen molar-refractivity contribution in [2.24, 2.45) is 10.9 Å². The lowest BCUT2D eigenvalue weighted by atomic mass is 10.1. The minimum Gasteiger partial charge on any atom is -0.409 e.